The molecule has 2 heterocycles. The molecule has 2 rings (SSSR count). The number of rotatable bonds is 7. The minimum atomic E-state index is 0.645. The molecule has 0 aromatic carbocycles. The van der Waals surface area contributed by atoms with Crippen LogP contribution in [0.4, 0.5) is 5.82 Å². The first-order valence-corrected chi connectivity index (χ1v) is 7.64. The topological polar surface area (TPSA) is 42.3 Å². The second kappa shape index (κ2) is 7.09. The minimum absolute atomic E-state index is 0.645. The van der Waals surface area contributed by atoms with Crippen molar-refractivity contribution in [2.24, 2.45) is 13.0 Å². The molecule has 114 valence electrons. The van der Waals surface area contributed by atoms with Gasteiger partial charge in [-0.3, -0.25) is 4.68 Å². The van der Waals surface area contributed by atoms with E-state index in [0.29, 0.717) is 5.92 Å². The number of aromatic nitrogens is 2. The first kappa shape index (κ1) is 15.3. The first-order chi connectivity index (χ1) is 9.67. The van der Waals surface area contributed by atoms with Crippen LogP contribution in [0.15, 0.2) is 0 Å². The van der Waals surface area contributed by atoms with Crippen molar-refractivity contribution >= 4 is 5.82 Å². The molecule has 1 aromatic rings. The molecule has 1 aliphatic heterocycles. The van der Waals surface area contributed by atoms with Crippen molar-refractivity contribution in [1.82, 2.24) is 15.1 Å². The minimum Gasteiger partial charge on any atom is -0.384 e. The zero-order valence-corrected chi connectivity index (χ0v) is 13.3. The highest BCUT2D eigenvalue weighted by molar-refractivity contribution is 5.51. The van der Waals surface area contributed by atoms with Crippen molar-refractivity contribution in [3.8, 4) is 0 Å². The Balaban J connectivity index is 2.10. The van der Waals surface area contributed by atoms with Crippen molar-refractivity contribution in [3.63, 3.8) is 0 Å². The summed E-state index contributed by atoms with van der Waals surface area (Å²) in [6.07, 6.45) is 2.37. The molecule has 5 nitrogen and oxygen atoms in total. The van der Waals surface area contributed by atoms with Crippen LogP contribution in [0, 0.1) is 12.8 Å². The molecule has 5 heteroatoms. The van der Waals surface area contributed by atoms with Crippen molar-refractivity contribution < 1.29 is 4.74 Å². The zero-order chi connectivity index (χ0) is 14.5. The van der Waals surface area contributed by atoms with Gasteiger partial charge in [0.2, 0.25) is 0 Å². The lowest BCUT2D eigenvalue weighted by Gasteiger charge is -2.21. The Morgan fingerprint density at radius 2 is 2.25 bits per heavy atom. The standard InChI is InChI=1S/C15H28N4O/c1-5-7-16-9-14-12(2)17-18(3)15(14)19-8-6-13(10-19)11-20-4/h13,16H,5-11H2,1-4H3. The molecular weight excluding hydrogens is 252 g/mol. The summed E-state index contributed by atoms with van der Waals surface area (Å²) in [5, 5.41) is 8.11. The molecule has 20 heavy (non-hydrogen) atoms. The number of methoxy groups -OCH3 is 1. The number of aryl methyl sites for hydroxylation is 2. The maximum Gasteiger partial charge on any atom is 0.131 e. The van der Waals surface area contributed by atoms with Gasteiger partial charge in [0, 0.05) is 45.3 Å². The number of nitrogens with zero attached hydrogens (tertiary/aromatic N) is 3. The lowest BCUT2D eigenvalue weighted by Crippen LogP contribution is -2.25. The largest absolute Gasteiger partial charge is 0.384 e. The van der Waals surface area contributed by atoms with Gasteiger partial charge in [0.1, 0.15) is 5.82 Å². The van der Waals surface area contributed by atoms with Crippen LogP contribution in [0.2, 0.25) is 0 Å². The monoisotopic (exact) mass is 280 g/mol. The van der Waals surface area contributed by atoms with Crippen molar-refractivity contribution in [3.05, 3.63) is 11.3 Å². The number of hydrogen-bond donors (Lipinski definition) is 1. The van der Waals surface area contributed by atoms with Gasteiger partial charge in [-0.1, -0.05) is 6.92 Å². The summed E-state index contributed by atoms with van der Waals surface area (Å²) < 4.78 is 7.33. The molecule has 0 aliphatic carbocycles. The van der Waals surface area contributed by atoms with E-state index in [1.54, 1.807) is 7.11 Å². The molecule has 0 radical (unpaired) electrons. The van der Waals surface area contributed by atoms with Gasteiger partial charge in [-0.15, -0.1) is 0 Å². The van der Waals surface area contributed by atoms with Gasteiger partial charge >= 0.3 is 0 Å². The molecule has 1 saturated heterocycles. The molecular formula is C15H28N4O. The molecule has 1 unspecified atom stereocenters. The fourth-order valence-electron chi connectivity index (χ4n) is 3.08. The van der Waals surface area contributed by atoms with Crippen LogP contribution in [-0.4, -0.2) is 43.1 Å². The third kappa shape index (κ3) is 3.33. The number of nitrogens with one attached hydrogen (secondary N) is 1. The zero-order valence-electron chi connectivity index (χ0n) is 13.3. The van der Waals surface area contributed by atoms with Gasteiger partial charge < -0.3 is 15.0 Å². The summed E-state index contributed by atoms with van der Waals surface area (Å²) in [6, 6.07) is 0. The van der Waals surface area contributed by atoms with Crippen LogP contribution in [0.1, 0.15) is 31.0 Å². The average Bonchev–Trinajstić information content (AvgIpc) is 2.96. The van der Waals surface area contributed by atoms with E-state index in [-0.39, 0.29) is 0 Å². The van der Waals surface area contributed by atoms with Gasteiger partial charge in [-0.25, -0.2) is 0 Å². The third-order valence-corrected chi connectivity index (χ3v) is 4.03. The molecule has 0 saturated carbocycles. The molecule has 1 fully saturated rings. The van der Waals surface area contributed by atoms with Gasteiger partial charge in [-0.05, 0) is 26.3 Å². The van der Waals surface area contributed by atoms with Crippen LogP contribution in [0.25, 0.3) is 0 Å². The second-order valence-corrected chi connectivity index (χ2v) is 5.74. The molecule has 1 N–H and O–H groups in total. The Morgan fingerprint density at radius 3 is 2.95 bits per heavy atom. The van der Waals surface area contributed by atoms with E-state index in [9.17, 15) is 0 Å². The third-order valence-electron chi connectivity index (χ3n) is 4.03. The lowest BCUT2D eigenvalue weighted by molar-refractivity contribution is 0.161. The first-order valence-electron chi connectivity index (χ1n) is 7.64. The lowest BCUT2D eigenvalue weighted by atomic mass is 10.1. The Labute approximate surface area is 122 Å². The van der Waals surface area contributed by atoms with Crippen LogP contribution in [0.3, 0.4) is 0 Å². The normalized spacial score (nSPS) is 19.0. The summed E-state index contributed by atoms with van der Waals surface area (Å²) in [5.41, 5.74) is 2.49. The maximum absolute atomic E-state index is 5.29. The van der Waals surface area contributed by atoms with Crippen LogP contribution < -0.4 is 10.2 Å². The average molecular weight is 280 g/mol. The van der Waals surface area contributed by atoms with Gasteiger partial charge in [0.05, 0.1) is 12.3 Å². The summed E-state index contributed by atoms with van der Waals surface area (Å²) in [7, 11) is 3.84. The predicted octanol–water partition coefficient (Wildman–Crippen LogP) is 1.70. The Bertz CT molecular complexity index is 430. The maximum atomic E-state index is 5.29. The summed E-state index contributed by atoms with van der Waals surface area (Å²) in [6.45, 7) is 9.31. The van der Waals surface area contributed by atoms with Gasteiger partial charge in [-0.2, -0.15) is 5.10 Å². The highest BCUT2D eigenvalue weighted by atomic mass is 16.5. The van der Waals surface area contributed by atoms with E-state index in [1.807, 2.05) is 4.68 Å². The highest BCUT2D eigenvalue weighted by Crippen LogP contribution is 2.28. The van der Waals surface area contributed by atoms with Crippen molar-refractivity contribution in [2.75, 3.05) is 38.3 Å². The van der Waals surface area contributed by atoms with Crippen molar-refractivity contribution in [1.29, 1.82) is 0 Å². The van der Waals surface area contributed by atoms with E-state index in [4.69, 9.17) is 4.74 Å². The number of anilines is 1. The number of ether oxygens (including phenoxy) is 1. The molecule has 0 amide bonds. The Morgan fingerprint density at radius 1 is 1.45 bits per heavy atom. The second-order valence-electron chi connectivity index (χ2n) is 5.74. The SMILES string of the molecule is CCCNCc1c(C)nn(C)c1N1CCC(COC)C1. The summed E-state index contributed by atoms with van der Waals surface area (Å²) in [4.78, 5) is 2.46. The van der Waals surface area contributed by atoms with Crippen molar-refractivity contribution in [2.45, 2.75) is 33.2 Å². The van der Waals surface area contributed by atoms with E-state index in [2.05, 4.69) is 36.2 Å². The van der Waals surface area contributed by atoms with Gasteiger partial charge in [0.25, 0.3) is 0 Å². The molecule has 1 aliphatic rings. The van der Waals surface area contributed by atoms with E-state index in [1.165, 1.54) is 17.8 Å². The van der Waals surface area contributed by atoms with Gasteiger partial charge in [0.15, 0.2) is 0 Å². The van der Waals surface area contributed by atoms with Crippen LogP contribution in [0.5, 0.6) is 0 Å². The highest BCUT2D eigenvalue weighted by Gasteiger charge is 2.27. The van der Waals surface area contributed by atoms with Crippen LogP contribution in [-0.2, 0) is 18.3 Å². The Hall–Kier alpha value is -1.07. The smallest absolute Gasteiger partial charge is 0.131 e. The molecule has 1 atom stereocenters. The summed E-state index contributed by atoms with van der Waals surface area (Å²) in [5.74, 6) is 1.93. The fourth-order valence-corrected chi connectivity index (χ4v) is 3.08. The fraction of sp³-hybridized carbons (Fsp3) is 0.800. The molecule has 0 spiro atoms. The van der Waals surface area contributed by atoms with E-state index < -0.39 is 0 Å². The quantitative estimate of drug-likeness (QED) is 0.772. The van der Waals surface area contributed by atoms with E-state index in [0.717, 1.165) is 44.9 Å². The summed E-state index contributed by atoms with van der Waals surface area (Å²) >= 11 is 0. The molecule has 1 aromatic heterocycles. The van der Waals surface area contributed by atoms with E-state index >= 15 is 0 Å². The predicted molar refractivity (Wildman–Crippen MR) is 82.1 cm³/mol. The Kier molecular flexibility index (Phi) is 5.43. The van der Waals surface area contributed by atoms with Crippen LogP contribution >= 0.6 is 0 Å². The molecule has 0 bridgehead atoms. The number of hydrogen-bond acceptors (Lipinski definition) is 4.